The van der Waals surface area contributed by atoms with E-state index >= 15 is 0 Å². The van der Waals surface area contributed by atoms with Crippen LogP contribution in [0.2, 0.25) is 0 Å². The van der Waals surface area contributed by atoms with Crippen molar-refractivity contribution in [3.05, 3.63) is 53.1 Å². The van der Waals surface area contributed by atoms with Crippen molar-refractivity contribution in [1.29, 1.82) is 0 Å². The second-order valence-corrected chi connectivity index (χ2v) is 9.39. The third-order valence-electron chi connectivity index (χ3n) is 5.23. The SMILES string of the molecule is CC(=O)Nc1c(C)cc(S(=O)(=O)NCCc2ccc(N3CCCC3)cc2)cc1C. The van der Waals surface area contributed by atoms with Gasteiger partial charge in [-0.2, -0.15) is 0 Å². The molecule has 1 fully saturated rings. The van der Waals surface area contributed by atoms with Gasteiger partial charge in [0.2, 0.25) is 15.9 Å². The van der Waals surface area contributed by atoms with Crippen molar-refractivity contribution in [3.8, 4) is 0 Å². The number of carbonyl (C=O) groups is 1. The standard InChI is InChI=1S/C22H29N3O3S/c1-16-14-21(15-17(2)22(16)24-18(3)26)29(27,28)23-11-10-19-6-8-20(9-7-19)25-12-4-5-13-25/h6-9,14-15,23H,4-5,10-13H2,1-3H3,(H,24,26). The van der Waals surface area contributed by atoms with Crippen molar-refractivity contribution in [2.45, 2.75) is 44.9 Å². The van der Waals surface area contributed by atoms with Crippen LogP contribution in [-0.4, -0.2) is 34.0 Å². The van der Waals surface area contributed by atoms with Gasteiger partial charge in [-0.15, -0.1) is 0 Å². The summed E-state index contributed by atoms with van der Waals surface area (Å²) in [5.74, 6) is -0.180. The average molecular weight is 416 g/mol. The number of amides is 1. The number of nitrogens with zero attached hydrogens (tertiary/aromatic N) is 1. The molecule has 1 heterocycles. The number of nitrogens with one attached hydrogen (secondary N) is 2. The third-order valence-corrected chi connectivity index (χ3v) is 6.67. The molecule has 0 atom stereocenters. The number of sulfonamides is 1. The predicted molar refractivity (Wildman–Crippen MR) is 117 cm³/mol. The van der Waals surface area contributed by atoms with Gasteiger partial charge in [0.25, 0.3) is 0 Å². The molecule has 29 heavy (non-hydrogen) atoms. The molecule has 0 aliphatic carbocycles. The fourth-order valence-electron chi connectivity index (χ4n) is 3.71. The lowest BCUT2D eigenvalue weighted by molar-refractivity contribution is -0.114. The highest BCUT2D eigenvalue weighted by atomic mass is 32.2. The number of rotatable bonds is 7. The van der Waals surface area contributed by atoms with Crippen LogP contribution >= 0.6 is 0 Å². The van der Waals surface area contributed by atoms with Crippen LogP contribution in [0.3, 0.4) is 0 Å². The summed E-state index contributed by atoms with van der Waals surface area (Å²) in [6, 6.07) is 11.5. The molecule has 2 aromatic carbocycles. The van der Waals surface area contributed by atoms with Crippen molar-refractivity contribution in [2.75, 3.05) is 29.9 Å². The average Bonchev–Trinajstić information content (AvgIpc) is 3.19. The van der Waals surface area contributed by atoms with E-state index < -0.39 is 10.0 Å². The highest BCUT2D eigenvalue weighted by Crippen LogP contribution is 2.25. The minimum atomic E-state index is -3.61. The zero-order chi connectivity index (χ0) is 21.0. The van der Waals surface area contributed by atoms with Gasteiger partial charge in [0.05, 0.1) is 4.90 Å². The van der Waals surface area contributed by atoms with E-state index in [9.17, 15) is 13.2 Å². The molecular formula is C22H29N3O3S. The van der Waals surface area contributed by atoms with Gasteiger partial charge in [-0.1, -0.05) is 12.1 Å². The highest BCUT2D eigenvalue weighted by molar-refractivity contribution is 7.89. The van der Waals surface area contributed by atoms with Gasteiger partial charge in [0.15, 0.2) is 0 Å². The number of aryl methyl sites for hydroxylation is 2. The van der Waals surface area contributed by atoms with Crippen LogP contribution < -0.4 is 14.9 Å². The Morgan fingerprint density at radius 2 is 1.62 bits per heavy atom. The summed E-state index contributed by atoms with van der Waals surface area (Å²) in [5.41, 5.74) is 4.44. The van der Waals surface area contributed by atoms with E-state index in [0.717, 1.165) is 29.8 Å². The molecule has 0 unspecified atom stereocenters. The quantitative estimate of drug-likeness (QED) is 0.727. The maximum Gasteiger partial charge on any atom is 0.240 e. The van der Waals surface area contributed by atoms with E-state index in [2.05, 4.69) is 39.2 Å². The molecule has 156 valence electrons. The first-order chi connectivity index (χ1) is 13.8. The minimum Gasteiger partial charge on any atom is -0.372 e. The summed E-state index contributed by atoms with van der Waals surface area (Å²) in [6.07, 6.45) is 3.12. The Labute approximate surface area is 173 Å². The van der Waals surface area contributed by atoms with E-state index in [4.69, 9.17) is 0 Å². The molecule has 2 aromatic rings. The highest BCUT2D eigenvalue weighted by Gasteiger charge is 2.17. The molecule has 0 saturated carbocycles. The Morgan fingerprint density at radius 3 is 2.17 bits per heavy atom. The molecule has 0 aromatic heterocycles. The lowest BCUT2D eigenvalue weighted by atomic mass is 10.1. The van der Waals surface area contributed by atoms with Gasteiger partial charge in [0, 0.05) is 37.9 Å². The maximum atomic E-state index is 12.7. The first-order valence-electron chi connectivity index (χ1n) is 9.98. The van der Waals surface area contributed by atoms with Crippen molar-refractivity contribution >= 4 is 27.3 Å². The van der Waals surface area contributed by atoms with E-state index in [1.165, 1.54) is 25.5 Å². The van der Waals surface area contributed by atoms with Crippen LogP contribution in [-0.2, 0) is 21.2 Å². The van der Waals surface area contributed by atoms with Crippen LogP contribution in [0.4, 0.5) is 11.4 Å². The summed E-state index contributed by atoms with van der Waals surface area (Å²) in [6.45, 7) is 7.57. The number of hydrogen-bond acceptors (Lipinski definition) is 4. The molecule has 1 aliphatic rings. The van der Waals surface area contributed by atoms with E-state index in [1.807, 2.05) is 0 Å². The summed E-state index contributed by atoms with van der Waals surface area (Å²) in [7, 11) is -3.61. The Morgan fingerprint density at radius 1 is 1.03 bits per heavy atom. The summed E-state index contributed by atoms with van der Waals surface area (Å²) in [5, 5.41) is 2.75. The topological polar surface area (TPSA) is 78.5 Å². The molecule has 1 amide bonds. The van der Waals surface area contributed by atoms with Crippen molar-refractivity contribution in [2.24, 2.45) is 0 Å². The summed E-state index contributed by atoms with van der Waals surface area (Å²) in [4.78, 5) is 13.9. The Kier molecular flexibility index (Phi) is 6.59. The first kappa shape index (κ1) is 21.3. The number of hydrogen-bond donors (Lipinski definition) is 2. The fourth-order valence-corrected chi connectivity index (χ4v) is 4.92. The Balaban J connectivity index is 1.62. The molecule has 0 bridgehead atoms. The van der Waals surface area contributed by atoms with Crippen molar-refractivity contribution < 1.29 is 13.2 Å². The van der Waals surface area contributed by atoms with E-state index in [0.29, 0.717) is 18.7 Å². The van der Waals surface area contributed by atoms with Gasteiger partial charge >= 0.3 is 0 Å². The third kappa shape index (κ3) is 5.36. The van der Waals surface area contributed by atoms with Crippen LogP contribution in [0, 0.1) is 13.8 Å². The molecule has 1 aliphatic heterocycles. The molecular weight excluding hydrogens is 386 g/mol. The largest absolute Gasteiger partial charge is 0.372 e. The lowest BCUT2D eigenvalue weighted by Gasteiger charge is -2.17. The number of carbonyl (C=O) groups excluding carboxylic acids is 1. The van der Waals surface area contributed by atoms with Gasteiger partial charge in [0.1, 0.15) is 0 Å². The van der Waals surface area contributed by atoms with Gasteiger partial charge in [-0.25, -0.2) is 13.1 Å². The Hall–Kier alpha value is -2.38. The first-order valence-corrected chi connectivity index (χ1v) is 11.5. The molecule has 0 spiro atoms. The smallest absolute Gasteiger partial charge is 0.240 e. The molecule has 3 rings (SSSR count). The second-order valence-electron chi connectivity index (χ2n) is 7.62. The zero-order valence-corrected chi connectivity index (χ0v) is 18.1. The van der Waals surface area contributed by atoms with Crippen LogP contribution in [0.15, 0.2) is 41.3 Å². The van der Waals surface area contributed by atoms with Crippen molar-refractivity contribution in [1.82, 2.24) is 4.72 Å². The second kappa shape index (κ2) is 8.97. The van der Waals surface area contributed by atoms with E-state index in [1.54, 1.807) is 26.0 Å². The molecule has 0 radical (unpaired) electrons. The van der Waals surface area contributed by atoms with Crippen LogP contribution in [0.1, 0.15) is 36.5 Å². The lowest BCUT2D eigenvalue weighted by Crippen LogP contribution is -2.26. The van der Waals surface area contributed by atoms with Gasteiger partial charge in [-0.3, -0.25) is 4.79 Å². The predicted octanol–water partition coefficient (Wildman–Crippen LogP) is 3.38. The molecule has 1 saturated heterocycles. The summed E-state index contributed by atoms with van der Waals surface area (Å²) < 4.78 is 28.0. The van der Waals surface area contributed by atoms with Gasteiger partial charge < -0.3 is 10.2 Å². The molecule has 2 N–H and O–H groups in total. The fraction of sp³-hybridized carbons (Fsp3) is 0.409. The number of benzene rings is 2. The number of anilines is 2. The van der Waals surface area contributed by atoms with Crippen molar-refractivity contribution in [3.63, 3.8) is 0 Å². The summed E-state index contributed by atoms with van der Waals surface area (Å²) >= 11 is 0. The zero-order valence-electron chi connectivity index (χ0n) is 17.3. The molecule has 7 heteroatoms. The van der Waals surface area contributed by atoms with Crippen LogP contribution in [0.25, 0.3) is 0 Å². The molecule has 6 nitrogen and oxygen atoms in total. The Bertz CT molecular complexity index is 956. The maximum absolute atomic E-state index is 12.7. The minimum absolute atomic E-state index is 0.180. The normalized spacial score (nSPS) is 14.2. The van der Waals surface area contributed by atoms with Gasteiger partial charge in [-0.05, 0) is 74.1 Å². The van der Waals surface area contributed by atoms with Crippen LogP contribution in [0.5, 0.6) is 0 Å². The monoisotopic (exact) mass is 415 g/mol. The van der Waals surface area contributed by atoms with E-state index in [-0.39, 0.29) is 10.8 Å².